The third kappa shape index (κ3) is 2.54. The number of benzene rings is 1. The molecular formula is C18H26S2. The van der Waals surface area contributed by atoms with Crippen LogP contribution in [0.15, 0.2) is 12.1 Å². The monoisotopic (exact) mass is 306 g/mol. The molecule has 1 aromatic rings. The first kappa shape index (κ1) is 14.8. The van der Waals surface area contributed by atoms with Crippen molar-refractivity contribution in [2.75, 3.05) is 0 Å². The number of hydrogen-bond acceptors (Lipinski definition) is 2. The first-order valence-electron chi connectivity index (χ1n) is 7.68. The second-order valence-corrected chi connectivity index (χ2v) is 10.4. The normalized spacial score (nSPS) is 27.4. The van der Waals surface area contributed by atoms with Gasteiger partial charge in [0, 0.05) is 11.5 Å². The van der Waals surface area contributed by atoms with Gasteiger partial charge in [-0.1, -0.05) is 32.9 Å². The molecule has 0 amide bonds. The molecule has 0 aromatic heterocycles. The standard InChI is InChI=1S/C18H26S2/c1-12-6-15-9-19-18(11-17(4,5)8-14(18)3)20-10-16(15)7-13(12)2/h6-7,14H,8-11H2,1-5H3. The molecule has 0 bridgehead atoms. The molecule has 2 heteroatoms. The first-order valence-corrected chi connectivity index (χ1v) is 9.65. The summed E-state index contributed by atoms with van der Waals surface area (Å²) in [5.74, 6) is 3.22. The van der Waals surface area contributed by atoms with E-state index in [0.717, 1.165) is 5.92 Å². The second kappa shape index (κ2) is 4.98. The SMILES string of the molecule is Cc1cc2c(cc1C)CSC1(CC(C)(C)CC1C)SC2. The van der Waals surface area contributed by atoms with Crippen molar-refractivity contribution in [3.63, 3.8) is 0 Å². The van der Waals surface area contributed by atoms with Gasteiger partial charge < -0.3 is 0 Å². The molecule has 20 heavy (non-hydrogen) atoms. The van der Waals surface area contributed by atoms with E-state index in [9.17, 15) is 0 Å². The Kier molecular flexibility index (Phi) is 3.70. The third-order valence-electron chi connectivity index (χ3n) is 5.09. The fraction of sp³-hybridized carbons (Fsp3) is 0.667. The highest BCUT2D eigenvalue weighted by atomic mass is 32.2. The highest BCUT2D eigenvalue weighted by Crippen LogP contribution is 2.62. The van der Waals surface area contributed by atoms with Crippen LogP contribution < -0.4 is 0 Å². The highest BCUT2D eigenvalue weighted by Gasteiger charge is 2.49. The van der Waals surface area contributed by atoms with Gasteiger partial charge in [-0.15, -0.1) is 23.5 Å². The number of rotatable bonds is 0. The summed E-state index contributed by atoms with van der Waals surface area (Å²) in [6, 6.07) is 4.87. The fourth-order valence-corrected chi connectivity index (χ4v) is 7.68. The molecule has 110 valence electrons. The Labute approximate surface area is 132 Å². The van der Waals surface area contributed by atoms with Crippen LogP contribution in [0.3, 0.4) is 0 Å². The van der Waals surface area contributed by atoms with Crippen molar-refractivity contribution in [3.05, 3.63) is 34.4 Å². The molecule has 0 radical (unpaired) electrons. The van der Waals surface area contributed by atoms with Crippen LogP contribution in [0.5, 0.6) is 0 Å². The van der Waals surface area contributed by atoms with Gasteiger partial charge in [0.05, 0.1) is 4.08 Å². The van der Waals surface area contributed by atoms with E-state index in [1.807, 2.05) is 0 Å². The van der Waals surface area contributed by atoms with Crippen molar-refractivity contribution in [1.29, 1.82) is 0 Å². The zero-order valence-electron chi connectivity index (χ0n) is 13.4. The lowest BCUT2D eigenvalue weighted by atomic mass is 9.91. The molecule has 1 spiro atoms. The van der Waals surface area contributed by atoms with Gasteiger partial charge in [0.25, 0.3) is 0 Å². The number of thioether (sulfide) groups is 2. The molecule has 1 aliphatic heterocycles. The molecular weight excluding hydrogens is 280 g/mol. The van der Waals surface area contributed by atoms with E-state index < -0.39 is 0 Å². The number of hydrogen-bond donors (Lipinski definition) is 0. The average Bonchev–Trinajstić information content (AvgIpc) is 2.48. The minimum Gasteiger partial charge on any atom is -0.139 e. The zero-order valence-corrected chi connectivity index (χ0v) is 15.0. The molecule has 0 saturated heterocycles. The van der Waals surface area contributed by atoms with E-state index >= 15 is 0 Å². The van der Waals surface area contributed by atoms with E-state index in [-0.39, 0.29) is 0 Å². The largest absolute Gasteiger partial charge is 0.139 e. The Bertz CT molecular complexity index is 497. The van der Waals surface area contributed by atoms with Gasteiger partial charge in [0.15, 0.2) is 0 Å². The van der Waals surface area contributed by atoms with Gasteiger partial charge in [0.1, 0.15) is 0 Å². The van der Waals surface area contributed by atoms with E-state index in [1.54, 1.807) is 11.1 Å². The summed E-state index contributed by atoms with van der Waals surface area (Å²) in [4.78, 5) is 0. The van der Waals surface area contributed by atoms with Crippen LogP contribution in [0.4, 0.5) is 0 Å². The van der Waals surface area contributed by atoms with Gasteiger partial charge in [-0.25, -0.2) is 0 Å². The van der Waals surface area contributed by atoms with Crippen molar-refractivity contribution in [2.24, 2.45) is 11.3 Å². The molecule has 1 heterocycles. The molecule has 3 rings (SSSR count). The molecule has 1 saturated carbocycles. The Hall–Kier alpha value is -0.0800. The number of fused-ring (bicyclic) bond motifs is 1. The minimum atomic E-state index is 0.449. The van der Waals surface area contributed by atoms with Crippen molar-refractivity contribution < 1.29 is 0 Å². The summed E-state index contributed by atoms with van der Waals surface area (Å²) in [7, 11) is 0. The van der Waals surface area contributed by atoms with E-state index in [2.05, 4.69) is 70.3 Å². The fourth-order valence-electron chi connectivity index (χ4n) is 3.93. The van der Waals surface area contributed by atoms with E-state index in [0.29, 0.717) is 9.49 Å². The summed E-state index contributed by atoms with van der Waals surface area (Å²) in [6.45, 7) is 11.9. The average molecular weight is 307 g/mol. The summed E-state index contributed by atoms with van der Waals surface area (Å²) >= 11 is 4.45. The lowest BCUT2D eigenvalue weighted by molar-refractivity contribution is 0.366. The van der Waals surface area contributed by atoms with Crippen molar-refractivity contribution in [1.82, 2.24) is 0 Å². The van der Waals surface area contributed by atoms with Crippen LogP contribution in [0, 0.1) is 25.2 Å². The Morgan fingerprint density at radius 2 is 1.50 bits per heavy atom. The van der Waals surface area contributed by atoms with Crippen molar-refractivity contribution >= 4 is 23.5 Å². The molecule has 1 aliphatic carbocycles. The van der Waals surface area contributed by atoms with Crippen LogP contribution >= 0.6 is 23.5 Å². The van der Waals surface area contributed by atoms with Gasteiger partial charge in [-0.2, -0.15) is 0 Å². The van der Waals surface area contributed by atoms with Crippen molar-refractivity contribution in [3.8, 4) is 0 Å². The predicted molar refractivity (Wildman–Crippen MR) is 93.4 cm³/mol. The Morgan fingerprint density at radius 1 is 1.00 bits per heavy atom. The summed E-state index contributed by atoms with van der Waals surface area (Å²) in [5.41, 5.74) is 6.58. The van der Waals surface area contributed by atoms with Gasteiger partial charge in [-0.05, 0) is 60.3 Å². The second-order valence-electron chi connectivity index (χ2n) is 7.54. The quantitative estimate of drug-likeness (QED) is 0.582. The van der Waals surface area contributed by atoms with E-state index in [4.69, 9.17) is 0 Å². The minimum absolute atomic E-state index is 0.449. The molecule has 1 fully saturated rings. The molecule has 2 aliphatic rings. The molecule has 1 unspecified atom stereocenters. The summed E-state index contributed by atoms with van der Waals surface area (Å²) in [5, 5.41) is 0. The molecule has 1 aromatic carbocycles. The van der Waals surface area contributed by atoms with Gasteiger partial charge in [0.2, 0.25) is 0 Å². The van der Waals surface area contributed by atoms with Gasteiger partial charge in [-0.3, -0.25) is 0 Å². The van der Waals surface area contributed by atoms with Crippen LogP contribution in [-0.2, 0) is 11.5 Å². The lowest BCUT2D eigenvalue weighted by Crippen LogP contribution is -2.23. The maximum atomic E-state index is 2.47. The maximum absolute atomic E-state index is 2.47. The Balaban J connectivity index is 1.90. The predicted octanol–water partition coefficient (Wildman–Crippen LogP) is 5.94. The van der Waals surface area contributed by atoms with Crippen LogP contribution in [-0.4, -0.2) is 4.08 Å². The van der Waals surface area contributed by atoms with Crippen LogP contribution in [0.25, 0.3) is 0 Å². The zero-order chi connectivity index (χ0) is 14.5. The molecule has 0 N–H and O–H groups in total. The first-order chi connectivity index (χ1) is 9.31. The Morgan fingerprint density at radius 3 is 1.90 bits per heavy atom. The highest BCUT2D eigenvalue weighted by molar-refractivity contribution is 8.17. The maximum Gasteiger partial charge on any atom is 0.0648 e. The van der Waals surface area contributed by atoms with Gasteiger partial charge >= 0.3 is 0 Å². The van der Waals surface area contributed by atoms with Crippen molar-refractivity contribution in [2.45, 2.75) is 63.0 Å². The van der Waals surface area contributed by atoms with Crippen LogP contribution in [0.2, 0.25) is 0 Å². The molecule has 0 nitrogen and oxygen atoms in total. The topological polar surface area (TPSA) is 0 Å². The third-order valence-corrected chi connectivity index (χ3v) is 8.78. The van der Waals surface area contributed by atoms with E-state index in [1.165, 1.54) is 35.5 Å². The smallest absolute Gasteiger partial charge is 0.0648 e. The molecule has 1 atom stereocenters. The summed E-state index contributed by atoms with van der Waals surface area (Å²) in [6.07, 6.45) is 2.74. The summed E-state index contributed by atoms with van der Waals surface area (Å²) < 4.78 is 0.449. The number of aryl methyl sites for hydroxylation is 2. The lowest BCUT2D eigenvalue weighted by Gasteiger charge is -2.31. The van der Waals surface area contributed by atoms with Crippen LogP contribution in [0.1, 0.15) is 55.9 Å².